The number of hydrogen-bond donors (Lipinski definition) is 1. The van der Waals surface area contributed by atoms with Crippen LogP contribution in [-0.4, -0.2) is 46.0 Å². The molecule has 2 aromatic rings. The highest BCUT2D eigenvalue weighted by Gasteiger charge is 2.32. The van der Waals surface area contributed by atoms with Gasteiger partial charge in [0.1, 0.15) is 0 Å². The van der Waals surface area contributed by atoms with Crippen molar-refractivity contribution in [1.82, 2.24) is 14.9 Å². The van der Waals surface area contributed by atoms with Gasteiger partial charge in [0.05, 0.1) is 11.8 Å². The van der Waals surface area contributed by atoms with Crippen molar-refractivity contribution in [2.24, 2.45) is 5.92 Å². The van der Waals surface area contributed by atoms with Crippen molar-refractivity contribution >= 4 is 11.6 Å². The van der Waals surface area contributed by atoms with Crippen LogP contribution in [0.4, 0.5) is 0 Å². The Labute approximate surface area is 145 Å². The van der Waals surface area contributed by atoms with Crippen LogP contribution < -0.4 is 9.47 Å². The zero-order valence-electron chi connectivity index (χ0n) is 13.1. The second-order valence-electron chi connectivity index (χ2n) is 6.22. The van der Waals surface area contributed by atoms with E-state index in [2.05, 4.69) is 14.9 Å². The number of fused-ring (bicyclic) bond motifs is 1. The topological polar surface area (TPSA) is 67.7 Å². The number of ether oxygens (including phenoxy) is 2. The Balaban J connectivity index is 1.43. The van der Waals surface area contributed by atoms with Gasteiger partial charge in [-0.1, -0.05) is 11.6 Å². The number of hydrogen-bond acceptors (Lipinski definition) is 6. The van der Waals surface area contributed by atoms with Gasteiger partial charge >= 0.3 is 0 Å². The Hall–Kier alpha value is -1.89. The molecule has 0 radical (unpaired) electrons. The molecular formula is C17H18ClN3O3. The van der Waals surface area contributed by atoms with Gasteiger partial charge in [0.25, 0.3) is 0 Å². The minimum Gasteiger partial charge on any atom is -0.454 e. The molecule has 126 valence electrons. The average Bonchev–Trinajstić information content (AvgIpc) is 3.15. The van der Waals surface area contributed by atoms with Crippen LogP contribution in [0.5, 0.6) is 11.5 Å². The van der Waals surface area contributed by atoms with Crippen LogP contribution >= 0.6 is 11.6 Å². The van der Waals surface area contributed by atoms with E-state index in [4.69, 9.17) is 21.1 Å². The maximum atomic E-state index is 10.4. The smallest absolute Gasteiger partial charge is 0.231 e. The second-order valence-corrected chi connectivity index (χ2v) is 6.63. The minimum atomic E-state index is -0.375. The predicted octanol–water partition coefficient (Wildman–Crippen LogP) is 1.89. The lowest BCUT2D eigenvalue weighted by Crippen LogP contribution is -2.21. The molecule has 0 bridgehead atoms. The summed E-state index contributed by atoms with van der Waals surface area (Å²) < 4.78 is 10.7. The van der Waals surface area contributed by atoms with Crippen molar-refractivity contribution in [3.8, 4) is 11.5 Å². The first-order valence-corrected chi connectivity index (χ1v) is 8.30. The third kappa shape index (κ3) is 3.17. The largest absolute Gasteiger partial charge is 0.454 e. The first-order valence-electron chi connectivity index (χ1n) is 7.92. The molecule has 2 aliphatic rings. The lowest BCUT2D eigenvalue weighted by molar-refractivity contribution is 0.140. The molecule has 3 heterocycles. The fraction of sp³-hybridized carbons (Fsp3) is 0.412. The molecule has 4 rings (SSSR count). The van der Waals surface area contributed by atoms with Crippen LogP contribution in [0.3, 0.4) is 0 Å². The van der Waals surface area contributed by atoms with Crippen LogP contribution in [0.25, 0.3) is 0 Å². The number of halogens is 1. The summed E-state index contributed by atoms with van der Waals surface area (Å²) in [5.41, 5.74) is 1.89. The van der Waals surface area contributed by atoms with Crippen LogP contribution in [0.2, 0.25) is 5.02 Å². The van der Waals surface area contributed by atoms with Crippen molar-refractivity contribution in [2.75, 3.05) is 19.9 Å². The Bertz CT molecular complexity index is 729. The van der Waals surface area contributed by atoms with Gasteiger partial charge in [0, 0.05) is 55.2 Å². The maximum absolute atomic E-state index is 10.4. The number of likely N-dealkylation sites (tertiary alicyclic amines) is 1. The first kappa shape index (κ1) is 15.6. The van der Waals surface area contributed by atoms with Gasteiger partial charge < -0.3 is 14.6 Å². The van der Waals surface area contributed by atoms with Crippen molar-refractivity contribution in [2.45, 2.75) is 19.1 Å². The Kier molecular flexibility index (Phi) is 4.26. The number of β-amino-alcohol motifs (C(OH)–C–C–N with tert-alkyl or cyclic N) is 1. The monoisotopic (exact) mass is 347 g/mol. The van der Waals surface area contributed by atoms with E-state index >= 15 is 0 Å². The first-order chi connectivity index (χ1) is 11.7. The number of rotatable bonds is 4. The maximum Gasteiger partial charge on any atom is 0.231 e. The molecule has 1 fully saturated rings. The third-order valence-electron chi connectivity index (χ3n) is 4.51. The van der Waals surface area contributed by atoms with E-state index in [1.54, 1.807) is 24.7 Å². The van der Waals surface area contributed by atoms with Crippen LogP contribution in [0.1, 0.15) is 11.3 Å². The highest BCUT2D eigenvalue weighted by Crippen LogP contribution is 2.37. The number of benzene rings is 1. The summed E-state index contributed by atoms with van der Waals surface area (Å²) in [5, 5.41) is 11.0. The molecule has 2 aliphatic heterocycles. The lowest BCUT2D eigenvalue weighted by Gasteiger charge is -2.17. The second kappa shape index (κ2) is 6.55. The molecule has 1 aromatic carbocycles. The third-order valence-corrected chi connectivity index (χ3v) is 4.86. The molecule has 1 aromatic heterocycles. The van der Waals surface area contributed by atoms with Crippen molar-refractivity contribution in [3.63, 3.8) is 0 Å². The van der Waals surface area contributed by atoms with E-state index < -0.39 is 0 Å². The van der Waals surface area contributed by atoms with E-state index in [9.17, 15) is 5.11 Å². The van der Waals surface area contributed by atoms with E-state index in [1.165, 1.54) is 0 Å². The zero-order valence-corrected chi connectivity index (χ0v) is 13.8. The summed E-state index contributed by atoms with van der Waals surface area (Å²) in [6, 6.07) is 3.72. The number of nitrogens with zero attached hydrogens (tertiary/aromatic N) is 3. The van der Waals surface area contributed by atoms with Gasteiger partial charge in [-0.3, -0.25) is 14.9 Å². The van der Waals surface area contributed by atoms with Gasteiger partial charge in [-0.25, -0.2) is 0 Å². The number of aromatic nitrogens is 2. The summed E-state index contributed by atoms with van der Waals surface area (Å²) in [4.78, 5) is 10.6. The predicted molar refractivity (Wildman–Crippen MR) is 88.1 cm³/mol. The minimum absolute atomic E-state index is 0.148. The highest BCUT2D eigenvalue weighted by molar-refractivity contribution is 6.31. The summed E-state index contributed by atoms with van der Waals surface area (Å²) in [7, 11) is 0. The van der Waals surface area contributed by atoms with Gasteiger partial charge in [-0.15, -0.1) is 0 Å². The molecule has 0 aliphatic carbocycles. The summed E-state index contributed by atoms with van der Waals surface area (Å²) in [6.45, 7) is 2.32. The normalized spacial score (nSPS) is 22.9. The van der Waals surface area contributed by atoms with Crippen molar-refractivity contribution < 1.29 is 14.6 Å². The fourth-order valence-electron chi connectivity index (χ4n) is 3.30. The summed E-state index contributed by atoms with van der Waals surface area (Å²) in [5.74, 6) is 1.56. The number of aliphatic hydroxyl groups excluding tert-OH is 1. The Morgan fingerprint density at radius 2 is 2.04 bits per heavy atom. The Morgan fingerprint density at radius 1 is 1.21 bits per heavy atom. The van der Waals surface area contributed by atoms with E-state index in [0.717, 1.165) is 30.0 Å². The van der Waals surface area contributed by atoms with Crippen LogP contribution in [-0.2, 0) is 13.0 Å². The SMILES string of the molecule is O[C@@H]1CN(Cc2cc3c(cc2Cl)OCO3)C[C@H]1Cc1cnccn1. The average molecular weight is 348 g/mol. The van der Waals surface area contributed by atoms with Crippen LogP contribution in [0.15, 0.2) is 30.7 Å². The standard InChI is InChI=1S/C17H18ClN3O3/c18-14-5-17-16(23-10-24-17)4-11(14)7-21-8-12(15(22)9-21)3-13-6-19-1-2-20-13/h1-2,4-6,12,15,22H,3,7-10H2/t12-,15-/m1/s1. The molecule has 0 spiro atoms. The van der Waals surface area contributed by atoms with Gasteiger partial charge in [-0.2, -0.15) is 0 Å². The molecule has 0 unspecified atom stereocenters. The molecule has 1 saturated heterocycles. The molecule has 24 heavy (non-hydrogen) atoms. The van der Waals surface area contributed by atoms with Crippen LogP contribution in [0, 0.1) is 5.92 Å². The van der Waals surface area contributed by atoms with Crippen molar-refractivity contribution in [3.05, 3.63) is 47.0 Å². The van der Waals surface area contributed by atoms with Gasteiger partial charge in [0.15, 0.2) is 11.5 Å². The Morgan fingerprint density at radius 3 is 2.83 bits per heavy atom. The lowest BCUT2D eigenvalue weighted by atomic mass is 10.0. The van der Waals surface area contributed by atoms with E-state index in [0.29, 0.717) is 23.9 Å². The molecule has 2 atom stereocenters. The summed E-state index contributed by atoms with van der Waals surface area (Å²) >= 11 is 6.35. The molecular weight excluding hydrogens is 330 g/mol. The highest BCUT2D eigenvalue weighted by atomic mass is 35.5. The molecule has 0 saturated carbocycles. The number of aliphatic hydroxyl groups is 1. The fourth-order valence-corrected chi connectivity index (χ4v) is 3.51. The summed E-state index contributed by atoms with van der Waals surface area (Å²) in [6.07, 6.45) is 5.44. The van der Waals surface area contributed by atoms with Crippen molar-refractivity contribution in [1.29, 1.82) is 0 Å². The van der Waals surface area contributed by atoms with E-state index in [-0.39, 0.29) is 18.8 Å². The molecule has 6 nitrogen and oxygen atoms in total. The molecule has 0 amide bonds. The molecule has 7 heteroatoms. The molecule has 1 N–H and O–H groups in total. The van der Waals surface area contributed by atoms with Gasteiger partial charge in [0.2, 0.25) is 6.79 Å². The quantitative estimate of drug-likeness (QED) is 0.911. The van der Waals surface area contributed by atoms with Gasteiger partial charge in [-0.05, 0) is 18.1 Å². The zero-order chi connectivity index (χ0) is 16.5. The van der Waals surface area contributed by atoms with E-state index in [1.807, 2.05) is 6.07 Å².